The molecule has 0 aliphatic rings. The second-order valence-electron chi connectivity index (χ2n) is 9.05. The van der Waals surface area contributed by atoms with Gasteiger partial charge in [-0.1, -0.05) is 56.3 Å². The maximum atomic E-state index is 13.4. The average molecular weight is 502 g/mol. The number of nitrogens with one attached hydrogen (secondary N) is 1. The third-order valence-corrected chi connectivity index (χ3v) is 6.99. The van der Waals surface area contributed by atoms with Crippen LogP contribution in [0.25, 0.3) is 0 Å². The number of nitrogens with zero attached hydrogens (tertiary/aromatic N) is 2. The third-order valence-electron chi connectivity index (χ3n) is 5.80. The van der Waals surface area contributed by atoms with Crippen LogP contribution in [0.2, 0.25) is 0 Å². The highest BCUT2D eigenvalue weighted by atomic mass is 32.2. The molecule has 2 aromatic rings. The van der Waals surface area contributed by atoms with Gasteiger partial charge in [0.1, 0.15) is 6.04 Å². The van der Waals surface area contributed by atoms with Crippen LogP contribution in [-0.4, -0.2) is 50.0 Å². The first kappa shape index (κ1) is 28.4. The van der Waals surface area contributed by atoms with E-state index in [1.165, 1.54) is 10.6 Å². The van der Waals surface area contributed by atoms with Gasteiger partial charge in [0.25, 0.3) is 0 Å². The van der Waals surface area contributed by atoms with E-state index in [1.807, 2.05) is 70.2 Å². The minimum atomic E-state index is -3.51. The standard InChI is InChI=1S/C27H39N3O4S/c1-6-22-15-17-24(18-16-22)30(35(5,33)34)19-11-14-26(31)29(20-23-12-9-8-10-13-23)25(7-2)27(32)28-21(3)4/h8-10,12-13,15-18,21,25H,6-7,11,14,19-20H2,1-5H3,(H,28,32). The van der Waals surface area contributed by atoms with Crippen LogP contribution in [0.5, 0.6) is 0 Å². The smallest absolute Gasteiger partial charge is 0.243 e. The van der Waals surface area contributed by atoms with Crippen molar-refractivity contribution >= 4 is 27.5 Å². The molecule has 35 heavy (non-hydrogen) atoms. The predicted molar refractivity (Wildman–Crippen MR) is 142 cm³/mol. The molecular formula is C27H39N3O4S. The molecule has 2 rings (SSSR count). The largest absolute Gasteiger partial charge is 0.352 e. The van der Waals surface area contributed by atoms with Gasteiger partial charge in [-0.2, -0.15) is 0 Å². The number of hydrogen-bond donors (Lipinski definition) is 1. The van der Waals surface area contributed by atoms with Crippen molar-refractivity contribution in [3.05, 3.63) is 65.7 Å². The summed E-state index contributed by atoms with van der Waals surface area (Å²) < 4.78 is 26.3. The molecule has 0 saturated carbocycles. The van der Waals surface area contributed by atoms with Gasteiger partial charge in [-0.15, -0.1) is 0 Å². The van der Waals surface area contributed by atoms with Crippen molar-refractivity contribution < 1.29 is 18.0 Å². The molecule has 0 aromatic heterocycles. The van der Waals surface area contributed by atoms with Gasteiger partial charge in [-0.05, 0) is 56.4 Å². The minimum Gasteiger partial charge on any atom is -0.352 e. The fraction of sp³-hybridized carbons (Fsp3) is 0.481. The van der Waals surface area contributed by atoms with Crippen molar-refractivity contribution in [1.29, 1.82) is 0 Å². The van der Waals surface area contributed by atoms with Crippen LogP contribution in [0.15, 0.2) is 54.6 Å². The molecule has 192 valence electrons. The van der Waals surface area contributed by atoms with Crippen molar-refractivity contribution in [2.45, 2.75) is 72.0 Å². The molecule has 0 heterocycles. The van der Waals surface area contributed by atoms with Crippen LogP contribution >= 0.6 is 0 Å². The molecule has 1 N–H and O–H groups in total. The number of sulfonamides is 1. The first-order chi connectivity index (χ1) is 16.6. The van der Waals surface area contributed by atoms with E-state index in [9.17, 15) is 18.0 Å². The fourth-order valence-electron chi connectivity index (χ4n) is 3.98. The number of amides is 2. The maximum Gasteiger partial charge on any atom is 0.243 e. The number of carbonyl (C=O) groups excluding carboxylic acids is 2. The van der Waals surface area contributed by atoms with Crippen LogP contribution in [0, 0.1) is 0 Å². The van der Waals surface area contributed by atoms with Crippen molar-refractivity contribution in [1.82, 2.24) is 10.2 Å². The zero-order chi connectivity index (χ0) is 26.0. The molecule has 2 amide bonds. The Labute approximate surface area is 210 Å². The summed E-state index contributed by atoms with van der Waals surface area (Å²) in [4.78, 5) is 27.9. The number of benzene rings is 2. The Kier molecular flexibility index (Phi) is 10.8. The van der Waals surface area contributed by atoms with Crippen LogP contribution in [-0.2, 0) is 32.6 Å². The van der Waals surface area contributed by atoms with Crippen LogP contribution in [0.3, 0.4) is 0 Å². The van der Waals surface area contributed by atoms with Crippen molar-refractivity contribution in [2.75, 3.05) is 17.1 Å². The summed E-state index contributed by atoms with van der Waals surface area (Å²) in [5.74, 6) is -0.352. The summed E-state index contributed by atoms with van der Waals surface area (Å²) in [5.41, 5.74) is 2.64. The number of hydrogen-bond acceptors (Lipinski definition) is 4. The van der Waals surface area contributed by atoms with E-state index < -0.39 is 16.1 Å². The molecule has 2 aromatic carbocycles. The molecule has 0 bridgehead atoms. The zero-order valence-electron chi connectivity index (χ0n) is 21.5. The summed E-state index contributed by atoms with van der Waals surface area (Å²) >= 11 is 0. The first-order valence-corrected chi connectivity index (χ1v) is 14.1. The van der Waals surface area contributed by atoms with Crippen LogP contribution in [0.1, 0.15) is 58.1 Å². The Hall–Kier alpha value is -2.87. The van der Waals surface area contributed by atoms with Gasteiger partial charge >= 0.3 is 0 Å². The summed E-state index contributed by atoms with van der Waals surface area (Å²) in [6.45, 7) is 8.21. The molecule has 0 saturated heterocycles. The Bertz CT molecular complexity index is 1050. The van der Waals surface area contributed by atoms with Crippen molar-refractivity contribution in [2.24, 2.45) is 0 Å². The van der Waals surface area contributed by atoms with Gasteiger partial charge in [0.15, 0.2) is 0 Å². The second kappa shape index (κ2) is 13.3. The lowest BCUT2D eigenvalue weighted by Gasteiger charge is -2.31. The van der Waals surface area contributed by atoms with E-state index in [1.54, 1.807) is 17.0 Å². The highest BCUT2D eigenvalue weighted by Gasteiger charge is 2.29. The van der Waals surface area contributed by atoms with Crippen molar-refractivity contribution in [3.63, 3.8) is 0 Å². The quantitative estimate of drug-likeness (QED) is 0.447. The Morgan fingerprint density at radius 1 is 0.943 bits per heavy atom. The first-order valence-electron chi connectivity index (χ1n) is 12.3. The summed E-state index contributed by atoms with van der Waals surface area (Å²) in [7, 11) is -3.51. The molecule has 7 nitrogen and oxygen atoms in total. The summed E-state index contributed by atoms with van der Waals surface area (Å²) in [6.07, 6.45) is 3.00. The Morgan fingerprint density at radius 3 is 2.09 bits per heavy atom. The van der Waals surface area contributed by atoms with E-state index in [2.05, 4.69) is 5.32 Å². The molecule has 8 heteroatoms. The SMILES string of the molecule is CCc1ccc(N(CCCC(=O)N(Cc2ccccc2)C(CC)C(=O)NC(C)C)S(C)(=O)=O)cc1. The van der Waals surface area contributed by atoms with Gasteiger partial charge in [-0.25, -0.2) is 8.42 Å². The van der Waals surface area contributed by atoms with Crippen LogP contribution < -0.4 is 9.62 Å². The van der Waals surface area contributed by atoms with Crippen molar-refractivity contribution in [3.8, 4) is 0 Å². The monoisotopic (exact) mass is 501 g/mol. The Balaban J connectivity index is 2.18. The van der Waals surface area contributed by atoms with E-state index in [-0.39, 0.29) is 30.8 Å². The maximum absolute atomic E-state index is 13.4. The predicted octanol–water partition coefficient (Wildman–Crippen LogP) is 4.13. The van der Waals surface area contributed by atoms with Crippen LogP contribution in [0.4, 0.5) is 5.69 Å². The van der Waals surface area contributed by atoms with Gasteiger partial charge < -0.3 is 10.2 Å². The molecule has 0 aliphatic carbocycles. The number of anilines is 1. The summed E-state index contributed by atoms with van der Waals surface area (Å²) in [5, 5.41) is 2.92. The van der Waals surface area contributed by atoms with Gasteiger partial charge in [0, 0.05) is 25.6 Å². The molecule has 0 radical (unpaired) electrons. The molecule has 0 fully saturated rings. The van der Waals surface area contributed by atoms with E-state index in [0.717, 1.165) is 17.5 Å². The van der Waals surface area contributed by atoms with Gasteiger partial charge in [-0.3, -0.25) is 13.9 Å². The molecule has 1 atom stereocenters. The highest BCUT2D eigenvalue weighted by Crippen LogP contribution is 2.20. The topological polar surface area (TPSA) is 86.8 Å². The molecule has 0 aliphatic heterocycles. The van der Waals surface area contributed by atoms with E-state index >= 15 is 0 Å². The van der Waals surface area contributed by atoms with Gasteiger partial charge in [0.05, 0.1) is 11.9 Å². The Morgan fingerprint density at radius 2 is 1.57 bits per heavy atom. The molecule has 1 unspecified atom stereocenters. The third kappa shape index (κ3) is 8.69. The number of carbonyl (C=O) groups is 2. The van der Waals surface area contributed by atoms with Gasteiger partial charge in [0.2, 0.25) is 21.8 Å². The fourth-order valence-corrected chi connectivity index (χ4v) is 4.95. The minimum absolute atomic E-state index is 0.0346. The second-order valence-corrected chi connectivity index (χ2v) is 11.0. The highest BCUT2D eigenvalue weighted by molar-refractivity contribution is 7.92. The lowest BCUT2D eigenvalue weighted by Crippen LogP contribution is -2.50. The lowest BCUT2D eigenvalue weighted by atomic mass is 10.1. The summed E-state index contributed by atoms with van der Waals surface area (Å²) in [6, 6.07) is 16.4. The normalized spacial score (nSPS) is 12.3. The lowest BCUT2D eigenvalue weighted by molar-refractivity contribution is -0.141. The van der Waals surface area contributed by atoms with E-state index in [0.29, 0.717) is 25.1 Å². The average Bonchev–Trinajstić information content (AvgIpc) is 2.81. The molecule has 0 spiro atoms. The number of aryl methyl sites for hydroxylation is 1. The molecular weight excluding hydrogens is 462 g/mol. The number of rotatable bonds is 13. The zero-order valence-corrected chi connectivity index (χ0v) is 22.3. The van der Waals surface area contributed by atoms with E-state index in [4.69, 9.17) is 0 Å².